The quantitative estimate of drug-likeness (QED) is 0.862. The minimum atomic E-state index is -0.535. The van der Waals surface area contributed by atoms with Gasteiger partial charge in [0.1, 0.15) is 0 Å². The fourth-order valence-corrected chi connectivity index (χ4v) is 2.04. The first kappa shape index (κ1) is 16.0. The van der Waals surface area contributed by atoms with Crippen molar-refractivity contribution in [2.24, 2.45) is 0 Å². The first-order valence-corrected chi connectivity index (χ1v) is 7.37. The van der Waals surface area contributed by atoms with Gasteiger partial charge in [-0.15, -0.1) is 0 Å². The van der Waals surface area contributed by atoms with E-state index in [1.807, 2.05) is 37.3 Å². The zero-order chi connectivity index (χ0) is 15.8. The predicted molar refractivity (Wildman–Crippen MR) is 86.4 cm³/mol. The molecule has 1 atom stereocenters. The molecule has 0 radical (unpaired) electrons. The van der Waals surface area contributed by atoms with E-state index < -0.39 is 6.10 Å². The molecule has 1 heterocycles. The zero-order valence-corrected chi connectivity index (χ0v) is 12.6. The maximum absolute atomic E-state index is 12.5. The second-order valence-corrected chi connectivity index (χ2v) is 5.09. The third-order valence-electron chi connectivity index (χ3n) is 3.34. The highest BCUT2D eigenvalue weighted by Crippen LogP contribution is 2.10. The Hall–Kier alpha value is -2.40. The molecular formula is C17H21N3O2. The molecule has 0 bridgehead atoms. The van der Waals surface area contributed by atoms with Gasteiger partial charge in [0.15, 0.2) is 0 Å². The van der Waals surface area contributed by atoms with Crippen molar-refractivity contribution in [3.8, 4) is 0 Å². The van der Waals surface area contributed by atoms with E-state index in [0.717, 1.165) is 5.56 Å². The number of benzene rings is 1. The summed E-state index contributed by atoms with van der Waals surface area (Å²) in [5, 5.41) is 12.7. The number of hydrogen-bond acceptors (Lipinski definition) is 3. The summed E-state index contributed by atoms with van der Waals surface area (Å²) in [6.07, 6.45) is 3.32. The maximum Gasteiger partial charge on any atom is 0.322 e. The predicted octanol–water partition coefficient (Wildman–Crippen LogP) is 2.89. The first-order chi connectivity index (χ1) is 10.7. The number of aliphatic hydroxyl groups excluding tert-OH is 1. The number of nitrogens with one attached hydrogen (secondary N) is 1. The molecule has 2 N–H and O–H groups in total. The molecule has 0 aliphatic heterocycles. The number of carbonyl (C=O) groups is 1. The number of amides is 2. The molecule has 2 aromatic rings. The summed E-state index contributed by atoms with van der Waals surface area (Å²) in [4.78, 5) is 18.0. The minimum absolute atomic E-state index is 0.234. The molecule has 5 heteroatoms. The molecule has 1 aromatic carbocycles. The molecule has 1 unspecified atom stereocenters. The number of anilines is 1. The average Bonchev–Trinajstić information content (AvgIpc) is 2.56. The molecule has 116 valence electrons. The molecule has 2 rings (SSSR count). The molecular weight excluding hydrogens is 278 g/mol. The van der Waals surface area contributed by atoms with E-state index in [9.17, 15) is 9.90 Å². The van der Waals surface area contributed by atoms with Gasteiger partial charge in [-0.05, 0) is 24.1 Å². The lowest BCUT2D eigenvalue weighted by Crippen LogP contribution is -2.39. The highest BCUT2D eigenvalue weighted by atomic mass is 16.3. The Morgan fingerprint density at radius 1 is 1.23 bits per heavy atom. The molecule has 0 spiro atoms. The normalized spacial score (nSPS) is 11.7. The summed E-state index contributed by atoms with van der Waals surface area (Å²) in [6.45, 7) is 2.64. The van der Waals surface area contributed by atoms with Crippen molar-refractivity contribution in [1.29, 1.82) is 0 Å². The topological polar surface area (TPSA) is 65.5 Å². The van der Waals surface area contributed by atoms with Crippen LogP contribution in [0.25, 0.3) is 0 Å². The van der Waals surface area contributed by atoms with E-state index >= 15 is 0 Å². The fraction of sp³-hybridized carbons (Fsp3) is 0.294. The molecule has 0 saturated carbocycles. The van der Waals surface area contributed by atoms with Crippen molar-refractivity contribution < 1.29 is 9.90 Å². The molecule has 22 heavy (non-hydrogen) atoms. The van der Waals surface area contributed by atoms with Crippen LogP contribution in [0.1, 0.15) is 18.9 Å². The average molecular weight is 299 g/mol. The van der Waals surface area contributed by atoms with Crippen molar-refractivity contribution in [2.75, 3.05) is 11.9 Å². The van der Waals surface area contributed by atoms with Gasteiger partial charge in [-0.2, -0.15) is 0 Å². The first-order valence-electron chi connectivity index (χ1n) is 7.37. The smallest absolute Gasteiger partial charge is 0.322 e. The van der Waals surface area contributed by atoms with Gasteiger partial charge in [0, 0.05) is 31.2 Å². The lowest BCUT2D eigenvalue weighted by atomic mass is 10.2. The Balaban J connectivity index is 2.07. The summed E-state index contributed by atoms with van der Waals surface area (Å²) in [7, 11) is 0. The summed E-state index contributed by atoms with van der Waals surface area (Å²) in [5.74, 6) is 0. The third kappa shape index (κ3) is 4.86. The highest BCUT2D eigenvalue weighted by Gasteiger charge is 2.17. The van der Waals surface area contributed by atoms with Crippen LogP contribution in [0.5, 0.6) is 0 Å². The molecule has 0 saturated heterocycles. The van der Waals surface area contributed by atoms with Crippen molar-refractivity contribution in [3.63, 3.8) is 0 Å². The number of aliphatic hydroxyl groups is 1. The van der Waals surface area contributed by atoms with Crippen LogP contribution < -0.4 is 5.32 Å². The van der Waals surface area contributed by atoms with Crippen LogP contribution in [0.15, 0.2) is 54.9 Å². The van der Waals surface area contributed by atoms with E-state index in [1.165, 1.54) is 0 Å². The second kappa shape index (κ2) is 8.14. The Morgan fingerprint density at radius 3 is 2.55 bits per heavy atom. The van der Waals surface area contributed by atoms with E-state index in [-0.39, 0.29) is 6.03 Å². The Labute approximate surface area is 130 Å². The van der Waals surface area contributed by atoms with E-state index in [0.29, 0.717) is 25.2 Å². The van der Waals surface area contributed by atoms with Gasteiger partial charge in [0.25, 0.3) is 0 Å². The van der Waals surface area contributed by atoms with Gasteiger partial charge >= 0.3 is 6.03 Å². The van der Waals surface area contributed by atoms with Crippen LogP contribution in [0.4, 0.5) is 10.5 Å². The molecule has 0 aliphatic rings. The molecule has 2 amide bonds. The van der Waals surface area contributed by atoms with Gasteiger partial charge < -0.3 is 15.3 Å². The van der Waals surface area contributed by atoms with Crippen molar-refractivity contribution >= 4 is 11.7 Å². The summed E-state index contributed by atoms with van der Waals surface area (Å²) in [6, 6.07) is 13.0. The Kier molecular flexibility index (Phi) is 5.91. The van der Waals surface area contributed by atoms with E-state index in [2.05, 4.69) is 10.3 Å². The number of carbonyl (C=O) groups excluding carboxylic acids is 1. The van der Waals surface area contributed by atoms with Gasteiger partial charge in [0.2, 0.25) is 0 Å². The summed E-state index contributed by atoms with van der Waals surface area (Å²) in [5.41, 5.74) is 1.71. The summed E-state index contributed by atoms with van der Waals surface area (Å²) >= 11 is 0. The number of nitrogens with zero attached hydrogens (tertiary/aromatic N) is 2. The second-order valence-electron chi connectivity index (χ2n) is 5.09. The monoisotopic (exact) mass is 299 g/mol. The molecule has 1 aromatic heterocycles. The largest absolute Gasteiger partial charge is 0.391 e. The van der Waals surface area contributed by atoms with Crippen LogP contribution in [0, 0.1) is 0 Å². The number of hydrogen-bond donors (Lipinski definition) is 2. The van der Waals surface area contributed by atoms with E-state index in [1.54, 1.807) is 29.4 Å². The SMILES string of the molecule is CCC(O)CN(Cc1ccccc1)C(=O)Nc1ccncc1. The molecule has 5 nitrogen and oxygen atoms in total. The minimum Gasteiger partial charge on any atom is -0.391 e. The standard InChI is InChI=1S/C17H21N3O2/c1-2-16(21)13-20(12-14-6-4-3-5-7-14)17(22)19-15-8-10-18-11-9-15/h3-11,16,21H,2,12-13H2,1H3,(H,18,19,22). The van der Waals surface area contributed by atoms with Crippen molar-refractivity contribution in [1.82, 2.24) is 9.88 Å². The zero-order valence-electron chi connectivity index (χ0n) is 12.6. The number of rotatable bonds is 6. The number of pyridine rings is 1. The van der Waals surface area contributed by atoms with Crippen molar-refractivity contribution in [3.05, 3.63) is 60.4 Å². The molecule has 0 fully saturated rings. The van der Waals surface area contributed by atoms with Gasteiger partial charge in [-0.3, -0.25) is 4.98 Å². The number of urea groups is 1. The van der Waals surface area contributed by atoms with Crippen molar-refractivity contribution in [2.45, 2.75) is 26.0 Å². The Bertz CT molecular complexity index is 575. The van der Waals surface area contributed by atoms with E-state index in [4.69, 9.17) is 0 Å². The van der Waals surface area contributed by atoms with Crippen LogP contribution in [-0.4, -0.2) is 33.7 Å². The van der Waals surface area contributed by atoms with Crippen LogP contribution in [-0.2, 0) is 6.54 Å². The van der Waals surface area contributed by atoms with Crippen LogP contribution >= 0.6 is 0 Å². The highest BCUT2D eigenvalue weighted by molar-refractivity contribution is 5.89. The van der Waals surface area contributed by atoms with Crippen LogP contribution in [0.3, 0.4) is 0 Å². The lowest BCUT2D eigenvalue weighted by Gasteiger charge is -2.25. The molecule has 0 aliphatic carbocycles. The van der Waals surface area contributed by atoms with Crippen LogP contribution in [0.2, 0.25) is 0 Å². The third-order valence-corrected chi connectivity index (χ3v) is 3.34. The summed E-state index contributed by atoms with van der Waals surface area (Å²) < 4.78 is 0. The Morgan fingerprint density at radius 2 is 1.91 bits per heavy atom. The fourth-order valence-electron chi connectivity index (χ4n) is 2.04. The maximum atomic E-state index is 12.5. The van der Waals surface area contributed by atoms with Gasteiger partial charge in [-0.1, -0.05) is 37.3 Å². The van der Waals surface area contributed by atoms with Gasteiger partial charge in [0.05, 0.1) is 6.10 Å². The lowest BCUT2D eigenvalue weighted by molar-refractivity contribution is 0.119. The number of aromatic nitrogens is 1. The van der Waals surface area contributed by atoms with Gasteiger partial charge in [-0.25, -0.2) is 4.79 Å².